The first-order valence-electron chi connectivity index (χ1n) is 6.95. The SMILES string of the molecule is Nc1cc(Cl)ccc1/C(=N\c1cccnc1Cl)c1ccccc1. The van der Waals surface area contributed by atoms with Gasteiger partial charge in [-0.2, -0.15) is 0 Å². The van der Waals surface area contributed by atoms with Crippen LogP contribution in [0.5, 0.6) is 0 Å². The van der Waals surface area contributed by atoms with Crippen molar-refractivity contribution < 1.29 is 0 Å². The highest BCUT2D eigenvalue weighted by Crippen LogP contribution is 2.27. The summed E-state index contributed by atoms with van der Waals surface area (Å²) in [5, 5.41) is 0.923. The molecule has 2 N–H and O–H groups in total. The summed E-state index contributed by atoms with van der Waals surface area (Å²) in [6, 6.07) is 18.7. The smallest absolute Gasteiger partial charge is 0.154 e. The van der Waals surface area contributed by atoms with Gasteiger partial charge in [-0.05, 0) is 30.3 Å². The zero-order valence-corrected chi connectivity index (χ0v) is 13.6. The van der Waals surface area contributed by atoms with Crippen LogP contribution in [0.3, 0.4) is 0 Å². The van der Waals surface area contributed by atoms with Gasteiger partial charge in [0.15, 0.2) is 5.15 Å². The summed E-state index contributed by atoms with van der Waals surface area (Å²) in [4.78, 5) is 8.75. The largest absolute Gasteiger partial charge is 0.398 e. The van der Waals surface area contributed by atoms with Crippen LogP contribution in [0.1, 0.15) is 11.1 Å². The van der Waals surface area contributed by atoms with E-state index in [9.17, 15) is 0 Å². The minimum atomic E-state index is 0.341. The number of benzene rings is 2. The van der Waals surface area contributed by atoms with Crippen molar-refractivity contribution in [3.63, 3.8) is 0 Å². The zero-order valence-electron chi connectivity index (χ0n) is 12.1. The summed E-state index contributed by atoms with van der Waals surface area (Å²) < 4.78 is 0. The van der Waals surface area contributed by atoms with Crippen LogP contribution in [-0.2, 0) is 0 Å². The molecule has 0 bridgehead atoms. The second-order valence-electron chi connectivity index (χ2n) is 4.87. The summed E-state index contributed by atoms with van der Waals surface area (Å²) in [5.74, 6) is 0. The minimum absolute atomic E-state index is 0.341. The fraction of sp³-hybridized carbons (Fsp3) is 0. The topological polar surface area (TPSA) is 51.3 Å². The van der Waals surface area contributed by atoms with Crippen LogP contribution in [-0.4, -0.2) is 10.7 Å². The third kappa shape index (κ3) is 3.52. The lowest BCUT2D eigenvalue weighted by molar-refractivity contribution is 1.30. The molecule has 1 heterocycles. The quantitative estimate of drug-likeness (QED) is 0.407. The van der Waals surface area contributed by atoms with Crippen LogP contribution < -0.4 is 5.73 Å². The van der Waals surface area contributed by atoms with E-state index in [1.54, 1.807) is 24.4 Å². The molecule has 5 heteroatoms. The predicted molar refractivity (Wildman–Crippen MR) is 96.9 cm³/mol. The first-order valence-corrected chi connectivity index (χ1v) is 7.71. The van der Waals surface area contributed by atoms with Crippen LogP contribution in [0.15, 0.2) is 71.9 Å². The van der Waals surface area contributed by atoms with Gasteiger partial charge in [0.05, 0.1) is 5.71 Å². The van der Waals surface area contributed by atoms with Crippen LogP contribution in [0.4, 0.5) is 11.4 Å². The minimum Gasteiger partial charge on any atom is -0.398 e. The average molecular weight is 342 g/mol. The zero-order chi connectivity index (χ0) is 16.2. The van der Waals surface area contributed by atoms with Crippen LogP contribution in [0.25, 0.3) is 0 Å². The maximum Gasteiger partial charge on any atom is 0.154 e. The second kappa shape index (κ2) is 6.82. The molecule has 3 nitrogen and oxygen atoms in total. The molecule has 0 fully saturated rings. The highest BCUT2D eigenvalue weighted by molar-refractivity contribution is 6.32. The molecular formula is C18H13Cl2N3. The van der Waals surface area contributed by atoms with Crippen LogP contribution in [0, 0.1) is 0 Å². The Morgan fingerprint density at radius 3 is 2.43 bits per heavy atom. The van der Waals surface area contributed by atoms with Gasteiger partial charge in [-0.1, -0.05) is 53.5 Å². The summed E-state index contributed by atoms with van der Waals surface area (Å²) in [5.41, 5.74) is 9.72. The Labute approximate surface area is 144 Å². The molecule has 0 amide bonds. The van der Waals surface area contributed by atoms with E-state index in [4.69, 9.17) is 28.9 Å². The van der Waals surface area contributed by atoms with Gasteiger partial charge in [0, 0.05) is 28.0 Å². The fourth-order valence-electron chi connectivity index (χ4n) is 2.21. The maximum absolute atomic E-state index is 6.14. The number of nitrogens with zero attached hydrogens (tertiary/aromatic N) is 2. The summed E-state index contributed by atoms with van der Waals surface area (Å²) in [6.45, 7) is 0. The lowest BCUT2D eigenvalue weighted by Gasteiger charge is -2.11. The monoisotopic (exact) mass is 341 g/mol. The number of hydrogen-bond donors (Lipinski definition) is 1. The number of aromatic nitrogens is 1. The van der Waals surface area contributed by atoms with Gasteiger partial charge in [-0.3, -0.25) is 0 Å². The van der Waals surface area contributed by atoms with Crippen molar-refractivity contribution in [2.45, 2.75) is 0 Å². The number of nitrogens with two attached hydrogens (primary N) is 1. The van der Waals surface area contributed by atoms with Gasteiger partial charge in [0.2, 0.25) is 0 Å². The lowest BCUT2D eigenvalue weighted by Crippen LogP contribution is -2.06. The second-order valence-corrected chi connectivity index (χ2v) is 5.67. The van der Waals surface area contributed by atoms with E-state index in [2.05, 4.69) is 9.98 Å². The number of hydrogen-bond acceptors (Lipinski definition) is 3. The number of nitrogen functional groups attached to an aromatic ring is 1. The van der Waals surface area contributed by atoms with Crippen molar-refractivity contribution in [1.82, 2.24) is 4.98 Å². The Morgan fingerprint density at radius 2 is 1.74 bits per heavy atom. The molecule has 114 valence electrons. The number of halogens is 2. The summed E-state index contributed by atoms with van der Waals surface area (Å²) >= 11 is 12.1. The Balaban J connectivity index is 2.21. The number of aliphatic imine (C=N–C) groups is 1. The molecule has 0 radical (unpaired) electrons. The fourth-order valence-corrected chi connectivity index (χ4v) is 2.55. The van der Waals surface area contributed by atoms with Gasteiger partial charge in [0.1, 0.15) is 5.69 Å². The van der Waals surface area contributed by atoms with Crippen LogP contribution in [0.2, 0.25) is 10.2 Å². The lowest BCUT2D eigenvalue weighted by atomic mass is 10.0. The third-order valence-electron chi connectivity index (χ3n) is 3.29. The molecule has 0 aliphatic carbocycles. The van der Waals surface area contributed by atoms with Crippen molar-refractivity contribution in [2.75, 3.05) is 5.73 Å². The van der Waals surface area contributed by atoms with E-state index < -0.39 is 0 Å². The van der Waals surface area contributed by atoms with E-state index >= 15 is 0 Å². The van der Waals surface area contributed by atoms with Gasteiger partial charge in [-0.25, -0.2) is 9.98 Å². The normalized spacial score (nSPS) is 11.5. The van der Waals surface area contributed by atoms with Crippen molar-refractivity contribution in [3.8, 4) is 0 Å². The van der Waals surface area contributed by atoms with Crippen molar-refractivity contribution in [1.29, 1.82) is 0 Å². The molecule has 0 atom stereocenters. The molecular weight excluding hydrogens is 329 g/mol. The predicted octanol–water partition coefficient (Wildman–Crippen LogP) is 5.14. The highest BCUT2D eigenvalue weighted by Gasteiger charge is 2.12. The third-order valence-corrected chi connectivity index (χ3v) is 3.81. The van der Waals surface area contributed by atoms with E-state index in [-0.39, 0.29) is 0 Å². The van der Waals surface area contributed by atoms with Crippen molar-refractivity contribution >= 4 is 40.3 Å². The summed E-state index contributed by atoms with van der Waals surface area (Å²) in [6.07, 6.45) is 1.63. The Kier molecular flexibility index (Phi) is 4.60. The first-order chi connectivity index (χ1) is 11.1. The molecule has 3 aromatic rings. The van der Waals surface area contributed by atoms with Gasteiger partial charge >= 0.3 is 0 Å². The van der Waals surface area contributed by atoms with E-state index in [1.165, 1.54) is 0 Å². The van der Waals surface area contributed by atoms with E-state index in [0.717, 1.165) is 16.8 Å². The maximum atomic E-state index is 6.14. The summed E-state index contributed by atoms with van der Waals surface area (Å²) in [7, 11) is 0. The molecule has 0 aliphatic rings. The number of rotatable bonds is 3. The first kappa shape index (κ1) is 15.5. The standard InChI is InChI=1S/C18H13Cl2N3/c19-13-8-9-14(15(21)11-13)17(12-5-2-1-3-6-12)23-16-7-4-10-22-18(16)20/h1-11H,21H2/b23-17-. The van der Waals surface area contributed by atoms with Crippen LogP contribution >= 0.6 is 23.2 Å². The van der Waals surface area contributed by atoms with Gasteiger partial charge in [-0.15, -0.1) is 0 Å². The van der Waals surface area contributed by atoms with Gasteiger partial charge in [0.25, 0.3) is 0 Å². The Bertz CT molecular complexity index is 861. The Hall–Kier alpha value is -2.36. The molecule has 0 saturated heterocycles. The molecule has 23 heavy (non-hydrogen) atoms. The number of pyridine rings is 1. The van der Waals surface area contributed by atoms with Crippen molar-refractivity contribution in [3.05, 3.63) is 88.2 Å². The van der Waals surface area contributed by atoms with E-state index in [1.807, 2.05) is 42.5 Å². The molecule has 2 aromatic carbocycles. The average Bonchev–Trinajstić information content (AvgIpc) is 2.56. The van der Waals surface area contributed by atoms with E-state index in [0.29, 0.717) is 21.6 Å². The molecule has 0 saturated carbocycles. The molecule has 0 unspecified atom stereocenters. The molecule has 3 rings (SSSR count). The molecule has 1 aromatic heterocycles. The number of anilines is 1. The highest BCUT2D eigenvalue weighted by atomic mass is 35.5. The Morgan fingerprint density at radius 1 is 0.957 bits per heavy atom. The molecule has 0 spiro atoms. The van der Waals surface area contributed by atoms with Crippen molar-refractivity contribution in [2.24, 2.45) is 4.99 Å². The molecule has 0 aliphatic heterocycles. The van der Waals surface area contributed by atoms with Gasteiger partial charge < -0.3 is 5.73 Å².